The summed E-state index contributed by atoms with van der Waals surface area (Å²) in [5, 5.41) is 2.89. The molecule has 110 valence electrons. The smallest absolute Gasteiger partial charge is 0.258 e. The fourth-order valence-corrected chi connectivity index (χ4v) is 2.20. The molecule has 0 radical (unpaired) electrons. The molecule has 1 heterocycles. The number of hydrogen-bond donors (Lipinski definition) is 2. The average Bonchev–Trinajstić information content (AvgIpc) is 2.47. The molecule has 2 rings (SSSR count). The summed E-state index contributed by atoms with van der Waals surface area (Å²) in [7, 11) is 0. The second-order valence-electron chi connectivity index (χ2n) is 5.02. The summed E-state index contributed by atoms with van der Waals surface area (Å²) >= 11 is 0. The van der Waals surface area contributed by atoms with Crippen molar-refractivity contribution in [3.8, 4) is 5.75 Å². The van der Waals surface area contributed by atoms with Crippen LogP contribution in [0.25, 0.3) is 0 Å². The Hall–Kier alpha value is -1.59. The maximum Gasteiger partial charge on any atom is 0.258 e. The lowest BCUT2D eigenvalue weighted by atomic mass is 10.2. The molecule has 0 aliphatic carbocycles. The predicted octanol–water partition coefficient (Wildman–Crippen LogP) is -0.595. The first-order valence-corrected chi connectivity index (χ1v) is 7.12. The van der Waals surface area contributed by atoms with E-state index in [9.17, 15) is 4.79 Å². The van der Waals surface area contributed by atoms with E-state index in [2.05, 4.69) is 5.32 Å². The van der Waals surface area contributed by atoms with Crippen molar-refractivity contribution in [2.75, 3.05) is 46.0 Å². The molecule has 0 atom stereocenters. The summed E-state index contributed by atoms with van der Waals surface area (Å²) in [6, 6.07) is 7.70. The lowest BCUT2D eigenvalue weighted by Crippen LogP contribution is -3.14. The molecule has 5 nitrogen and oxygen atoms in total. The minimum Gasteiger partial charge on any atom is -0.484 e. The van der Waals surface area contributed by atoms with Crippen molar-refractivity contribution in [3.63, 3.8) is 0 Å². The molecule has 1 aliphatic heterocycles. The summed E-state index contributed by atoms with van der Waals surface area (Å²) in [5.74, 6) is 0.697. The summed E-state index contributed by atoms with van der Waals surface area (Å²) in [4.78, 5) is 13.2. The van der Waals surface area contributed by atoms with Gasteiger partial charge >= 0.3 is 0 Å². The van der Waals surface area contributed by atoms with Crippen molar-refractivity contribution in [3.05, 3.63) is 29.8 Å². The Morgan fingerprint density at radius 2 is 2.10 bits per heavy atom. The lowest BCUT2D eigenvalue weighted by molar-refractivity contribution is -0.906. The van der Waals surface area contributed by atoms with Crippen molar-refractivity contribution in [1.29, 1.82) is 0 Å². The fraction of sp³-hybridized carbons (Fsp3) is 0.533. The highest BCUT2D eigenvalue weighted by Crippen LogP contribution is 2.15. The number of carbonyl (C=O) groups is 1. The number of morpholine rings is 1. The first-order valence-electron chi connectivity index (χ1n) is 7.12. The molecule has 5 heteroatoms. The Labute approximate surface area is 119 Å². The monoisotopic (exact) mass is 279 g/mol. The number of ether oxygens (including phenoxy) is 2. The second-order valence-corrected chi connectivity index (χ2v) is 5.02. The molecule has 1 aromatic rings. The highest BCUT2D eigenvalue weighted by molar-refractivity contribution is 5.77. The van der Waals surface area contributed by atoms with Crippen molar-refractivity contribution in [1.82, 2.24) is 5.32 Å². The zero-order valence-corrected chi connectivity index (χ0v) is 12.0. The van der Waals surface area contributed by atoms with E-state index in [4.69, 9.17) is 9.47 Å². The first kappa shape index (κ1) is 14.8. The van der Waals surface area contributed by atoms with Gasteiger partial charge in [0.25, 0.3) is 5.91 Å². The third kappa shape index (κ3) is 4.83. The molecule has 1 saturated heterocycles. The molecule has 1 aromatic carbocycles. The van der Waals surface area contributed by atoms with Crippen molar-refractivity contribution >= 4 is 5.91 Å². The van der Waals surface area contributed by atoms with E-state index in [0.29, 0.717) is 6.54 Å². The molecule has 2 N–H and O–H groups in total. The maximum atomic E-state index is 11.7. The molecule has 0 saturated carbocycles. The highest BCUT2D eigenvalue weighted by Gasteiger charge is 2.13. The Bertz CT molecular complexity index is 431. The predicted molar refractivity (Wildman–Crippen MR) is 76.1 cm³/mol. The van der Waals surface area contributed by atoms with Crippen LogP contribution in [0.4, 0.5) is 0 Å². The third-order valence-electron chi connectivity index (χ3n) is 3.45. The minimum absolute atomic E-state index is 0.0686. The van der Waals surface area contributed by atoms with Crippen LogP contribution in [0.3, 0.4) is 0 Å². The molecule has 1 fully saturated rings. The van der Waals surface area contributed by atoms with Gasteiger partial charge in [-0.05, 0) is 18.6 Å². The summed E-state index contributed by atoms with van der Waals surface area (Å²) in [5.41, 5.74) is 1.04. The van der Waals surface area contributed by atoms with Crippen LogP contribution in [0, 0.1) is 6.92 Å². The second kappa shape index (κ2) is 7.87. The summed E-state index contributed by atoms with van der Waals surface area (Å²) < 4.78 is 10.8. The van der Waals surface area contributed by atoms with E-state index in [-0.39, 0.29) is 12.5 Å². The van der Waals surface area contributed by atoms with Gasteiger partial charge in [0.2, 0.25) is 0 Å². The zero-order valence-electron chi connectivity index (χ0n) is 12.0. The van der Waals surface area contributed by atoms with Crippen LogP contribution in [-0.4, -0.2) is 51.9 Å². The van der Waals surface area contributed by atoms with Crippen LogP contribution in [0.15, 0.2) is 24.3 Å². The topological polar surface area (TPSA) is 52.0 Å². The molecule has 0 aromatic heterocycles. The molecule has 0 bridgehead atoms. The number of nitrogens with one attached hydrogen (secondary N) is 2. The number of hydrogen-bond acceptors (Lipinski definition) is 3. The van der Waals surface area contributed by atoms with Crippen LogP contribution in [0.5, 0.6) is 5.75 Å². The Kier molecular flexibility index (Phi) is 5.83. The van der Waals surface area contributed by atoms with E-state index < -0.39 is 0 Å². The molecule has 20 heavy (non-hydrogen) atoms. The van der Waals surface area contributed by atoms with Gasteiger partial charge in [0, 0.05) is 0 Å². The van der Waals surface area contributed by atoms with E-state index in [0.717, 1.165) is 44.2 Å². The number of aryl methyl sites for hydroxylation is 1. The van der Waals surface area contributed by atoms with Crippen LogP contribution >= 0.6 is 0 Å². The van der Waals surface area contributed by atoms with E-state index in [1.54, 1.807) is 0 Å². The van der Waals surface area contributed by atoms with Gasteiger partial charge in [-0.3, -0.25) is 4.79 Å². The van der Waals surface area contributed by atoms with Gasteiger partial charge in [0.15, 0.2) is 6.61 Å². The van der Waals surface area contributed by atoms with Gasteiger partial charge in [0.05, 0.1) is 26.3 Å². The Morgan fingerprint density at radius 3 is 2.85 bits per heavy atom. The third-order valence-corrected chi connectivity index (χ3v) is 3.45. The van der Waals surface area contributed by atoms with Crippen molar-refractivity contribution < 1.29 is 19.2 Å². The van der Waals surface area contributed by atoms with E-state index in [1.165, 1.54) is 4.90 Å². The lowest BCUT2D eigenvalue weighted by Gasteiger charge is -2.23. The van der Waals surface area contributed by atoms with Crippen LogP contribution in [-0.2, 0) is 9.53 Å². The number of rotatable bonds is 6. The Morgan fingerprint density at radius 1 is 1.35 bits per heavy atom. The van der Waals surface area contributed by atoms with E-state index >= 15 is 0 Å². The number of carbonyl (C=O) groups excluding carboxylic acids is 1. The normalized spacial score (nSPS) is 15.8. The van der Waals surface area contributed by atoms with Crippen molar-refractivity contribution in [2.24, 2.45) is 0 Å². The van der Waals surface area contributed by atoms with Crippen LogP contribution in [0.2, 0.25) is 0 Å². The first-order chi connectivity index (χ1) is 9.75. The molecule has 1 amide bonds. The molecule has 1 aliphatic rings. The van der Waals surface area contributed by atoms with Gasteiger partial charge in [0.1, 0.15) is 18.8 Å². The maximum absolute atomic E-state index is 11.7. The number of quaternary nitrogens is 1. The summed E-state index contributed by atoms with van der Waals surface area (Å²) in [6.45, 7) is 7.35. The van der Waals surface area contributed by atoms with Crippen LogP contribution < -0.4 is 15.0 Å². The number of benzene rings is 1. The van der Waals surface area contributed by atoms with Gasteiger partial charge in [-0.2, -0.15) is 0 Å². The van der Waals surface area contributed by atoms with Gasteiger partial charge in [-0.1, -0.05) is 18.2 Å². The Balaban J connectivity index is 1.62. The van der Waals surface area contributed by atoms with Gasteiger partial charge in [-0.15, -0.1) is 0 Å². The van der Waals surface area contributed by atoms with Crippen LogP contribution in [0.1, 0.15) is 5.56 Å². The number of amides is 1. The summed E-state index contributed by atoms with van der Waals surface area (Å²) in [6.07, 6.45) is 0. The number of para-hydroxylation sites is 1. The molecule has 0 spiro atoms. The molecule has 0 unspecified atom stereocenters. The average molecular weight is 279 g/mol. The fourth-order valence-electron chi connectivity index (χ4n) is 2.20. The van der Waals surface area contributed by atoms with Gasteiger partial charge < -0.3 is 19.7 Å². The molecular formula is C15H23N2O3+. The largest absolute Gasteiger partial charge is 0.484 e. The van der Waals surface area contributed by atoms with Crippen molar-refractivity contribution in [2.45, 2.75) is 6.92 Å². The van der Waals surface area contributed by atoms with E-state index in [1.807, 2.05) is 31.2 Å². The SMILES string of the molecule is Cc1ccccc1OCC(=O)NCC[NH+]1CCOCC1. The zero-order chi connectivity index (χ0) is 14.2. The minimum atomic E-state index is -0.0686. The molecular weight excluding hydrogens is 256 g/mol. The quantitative estimate of drug-likeness (QED) is 0.731. The standard InChI is InChI=1S/C15H22N2O3/c1-13-4-2-3-5-14(13)20-12-15(18)16-6-7-17-8-10-19-11-9-17/h2-5H,6-12H2,1H3,(H,16,18)/p+1. The highest BCUT2D eigenvalue weighted by atomic mass is 16.5. The van der Waals surface area contributed by atoms with Gasteiger partial charge in [-0.25, -0.2) is 0 Å².